The molecule has 0 radical (unpaired) electrons. The second-order valence-corrected chi connectivity index (χ2v) is 8.01. The zero-order valence-electron chi connectivity index (χ0n) is 17.7. The molecular formula is C20H26N4O10. The summed E-state index contributed by atoms with van der Waals surface area (Å²) in [5.41, 5.74) is 0.299. The molecule has 1 aromatic carbocycles. The molecule has 8 N–H and O–H groups in total. The first-order chi connectivity index (χ1) is 16.3. The molecule has 34 heavy (non-hydrogen) atoms. The molecule has 0 bridgehead atoms. The van der Waals surface area contributed by atoms with E-state index >= 15 is 0 Å². The first-order valence-corrected chi connectivity index (χ1v) is 10.5. The minimum atomic E-state index is -1.95. The monoisotopic (exact) mass is 482 g/mol. The number of nitrogens with zero attached hydrogens (tertiary/aromatic N) is 4. The Morgan fingerprint density at radius 3 is 2.44 bits per heavy atom. The van der Waals surface area contributed by atoms with Crippen molar-refractivity contribution in [2.45, 2.75) is 55.1 Å². The van der Waals surface area contributed by atoms with E-state index in [9.17, 15) is 40.9 Å². The van der Waals surface area contributed by atoms with Gasteiger partial charge < -0.3 is 50.3 Å². The SMILES string of the molecule is OCC(O)[C@@H](O[C@@H]1O[C@H](CO)[C@H](O)[C@H](O)[C@H]1O)[C@H](O)[C@@H](O)c1nnc2c3ccccc3cnn12. The molecule has 14 heteroatoms. The maximum atomic E-state index is 10.8. The number of ether oxygens (including phenoxy) is 2. The van der Waals surface area contributed by atoms with Crippen LogP contribution in [0.4, 0.5) is 0 Å². The summed E-state index contributed by atoms with van der Waals surface area (Å²) in [5.74, 6) is -0.194. The third-order valence-electron chi connectivity index (χ3n) is 5.81. The smallest absolute Gasteiger partial charge is 0.187 e. The molecule has 3 aromatic rings. The molecule has 1 unspecified atom stereocenters. The molecular weight excluding hydrogens is 456 g/mol. The molecule has 14 nitrogen and oxygen atoms in total. The first-order valence-electron chi connectivity index (χ1n) is 10.5. The largest absolute Gasteiger partial charge is 0.394 e. The van der Waals surface area contributed by atoms with Crippen molar-refractivity contribution in [3.8, 4) is 0 Å². The number of hydrogen-bond acceptors (Lipinski definition) is 13. The molecule has 1 saturated heterocycles. The van der Waals surface area contributed by atoms with Gasteiger partial charge in [0.1, 0.15) is 48.8 Å². The fourth-order valence-electron chi connectivity index (χ4n) is 3.86. The summed E-state index contributed by atoms with van der Waals surface area (Å²) < 4.78 is 11.9. The van der Waals surface area contributed by atoms with E-state index < -0.39 is 68.3 Å². The van der Waals surface area contributed by atoms with Gasteiger partial charge in [-0.2, -0.15) is 9.61 Å². The van der Waals surface area contributed by atoms with Crippen LogP contribution in [-0.2, 0) is 9.47 Å². The van der Waals surface area contributed by atoms with Crippen LogP contribution < -0.4 is 0 Å². The number of fused-ring (bicyclic) bond motifs is 3. The zero-order chi connectivity index (χ0) is 24.6. The highest BCUT2D eigenvalue weighted by Crippen LogP contribution is 2.28. The Kier molecular flexibility index (Phi) is 7.34. The minimum Gasteiger partial charge on any atom is -0.394 e. The zero-order valence-corrected chi connectivity index (χ0v) is 17.7. The predicted octanol–water partition coefficient (Wildman–Crippen LogP) is -3.79. The number of aliphatic hydroxyl groups is 8. The van der Waals surface area contributed by atoms with Crippen molar-refractivity contribution >= 4 is 16.4 Å². The van der Waals surface area contributed by atoms with Crippen molar-refractivity contribution in [3.05, 3.63) is 36.3 Å². The van der Waals surface area contributed by atoms with Crippen molar-refractivity contribution in [2.24, 2.45) is 0 Å². The molecule has 1 aliphatic rings. The molecule has 2 aromatic heterocycles. The van der Waals surface area contributed by atoms with Crippen LogP contribution >= 0.6 is 0 Å². The van der Waals surface area contributed by atoms with Crippen molar-refractivity contribution in [1.29, 1.82) is 0 Å². The van der Waals surface area contributed by atoms with E-state index in [0.717, 1.165) is 5.39 Å². The van der Waals surface area contributed by atoms with E-state index in [4.69, 9.17) is 9.47 Å². The van der Waals surface area contributed by atoms with E-state index in [1.807, 2.05) is 12.1 Å². The Morgan fingerprint density at radius 2 is 1.74 bits per heavy atom. The van der Waals surface area contributed by atoms with E-state index in [1.165, 1.54) is 10.7 Å². The fourth-order valence-corrected chi connectivity index (χ4v) is 3.86. The van der Waals surface area contributed by atoms with Gasteiger partial charge in [-0.1, -0.05) is 24.3 Å². The average Bonchev–Trinajstić information content (AvgIpc) is 3.30. The predicted molar refractivity (Wildman–Crippen MR) is 111 cm³/mol. The van der Waals surface area contributed by atoms with Crippen LogP contribution in [0.5, 0.6) is 0 Å². The Morgan fingerprint density at radius 1 is 1.00 bits per heavy atom. The van der Waals surface area contributed by atoms with Crippen LogP contribution in [0.1, 0.15) is 11.9 Å². The molecule has 0 aliphatic carbocycles. The van der Waals surface area contributed by atoms with Crippen molar-refractivity contribution in [1.82, 2.24) is 19.8 Å². The summed E-state index contributed by atoms with van der Waals surface area (Å²) in [6, 6.07) is 7.18. The molecule has 3 heterocycles. The van der Waals surface area contributed by atoms with Gasteiger partial charge in [0, 0.05) is 10.8 Å². The molecule has 0 saturated carbocycles. The number of benzene rings is 1. The van der Waals surface area contributed by atoms with Gasteiger partial charge in [0.25, 0.3) is 0 Å². The molecule has 9 atom stereocenters. The Bertz CT molecular complexity index is 1110. The lowest BCUT2D eigenvalue weighted by Gasteiger charge is -2.42. The van der Waals surface area contributed by atoms with Crippen LogP contribution in [0.2, 0.25) is 0 Å². The van der Waals surface area contributed by atoms with E-state index in [2.05, 4.69) is 15.3 Å². The second kappa shape index (κ2) is 10.1. The Hall–Kier alpha value is -2.37. The number of aromatic nitrogens is 4. The van der Waals surface area contributed by atoms with Gasteiger partial charge in [-0.05, 0) is 0 Å². The summed E-state index contributed by atoms with van der Waals surface area (Å²) >= 11 is 0. The standard InChI is InChI=1S/C20H26N4O10/c25-6-10(27)17(34-20-16(32)13(29)12(28)11(7-26)33-20)14(30)15(31)19-23-22-18-9-4-2-1-3-8(9)5-21-24(18)19/h1-5,10-17,20,25-32H,6-7H2/t10?,11-,12+,13+,14-,15-,16-,17-,20+/m1/s1. The van der Waals surface area contributed by atoms with Gasteiger partial charge in [0.05, 0.1) is 19.4 Å². The van der Waals surface area contributed by atoms with Gasteiger partial charge in [-0.15, -0.1) is 10.2 Å². The topological polar surface area (TPSA) is 223 Å². The van der Waals surface area contributed by atoms with E-state index in [-0.39, 0.29) is 5.82 Å². The van der Waals surface area contributed by atoms with Crippen LogP contribution in [0.3, 0.4) is 0 Å². The van der Waals surface area contributed by atoms with Crippen LogP contribution in [-0.4, -0.2) is 123 Å². The normalized spacial score (nSPS) is 29.2. The second-order valence-electron chi connectivity index (χ2n) is 8.01. The summed E-state index contributed by atoms with van der Waals surface area (Å²) in [7, 11) is 0. The molecule has 4 rings (SSSR count). The summed E-state index contributed by atoms with van der Waals surface area (Å²) in [5, 5.41) is 94.3. The number of rotatable bonds is 8. The van der Waals surface area contributed by atoms with Gasteiger partial charge in [-0.3, -0.25) is 0 Å². The summed E-state index contributed by atoms with van der Waals surface area (Å²) in [6.07, 6.45) is -14.1. The van der Waals surface area contributed by atoms with Gasteiger partial charge in [-0.25, -0.2) is 0 Å². The molecule has 0 amide bonds. The summed E-state index contributed by atoms with van der Waals surface area (Å²) in [6.45, 7) is -1.64. The van der Waals surface area contributed by atoms with Crippen LogP contribution in [0.25, 0.3) is 16.4 Å². The Balaban J connectivity index is 1.61. The lowest BCUT2D eigenvalue weighted by atomic mass is 9.98. The lowest BCUT2D eigenvalue weighted by molar-refractivity contribution is -0.327. The number of hydrogen-bond donors (Lipinski definition) is 8. The van der Waals surface area contributed by atoms with Crippen LogP contribution in [0, 0.1) is 0 Å². The van der Waals surface area contributed by atoms with E-state index in [0.29, 0.717) is 11.0 Å². The lowest BCUT2D eigenvalue weighted by Crippen LogP contribution is -2.61. The maximum Gasteiger partial charge on any atom is 0.187 e. The maximum absolute atomic E-state index is 10.8. The third kappa shape index (κ3) is 4.36. The Labute approximate surface area is 191 Å². The number of aliphatic hydroxyl groups excluding tert-OH is 8. The average molecular weight is 482 g/mol. The highest BCUT2D eigenvalue weighted by atomic mass is 16.7. The van der Waals surface area contributed by atoms with Gasteiger partial charge in [0.2, 0.25) is 0 Å². The van der Waals surface area contributed by atoms with E-state index in [1.54, 1.807) is 12.1 Å². The van der Waals surface area contributed by atoms with Gasteiger partial charge in [0.15, 0.2) is 17.8 Å². The highest BCUT2D eigenvalue weighted by molar-refractivity contribution is 5.92. The molecule has 0 spiro atoms. The highest BCUT2D eigenvalue weighted by Gasteiger charge is 2.47. The molecule has 186 valence electrons. The van der Waals surface area contributed by atoms with Crippen molar-refractivity contribution in [3.63, 3.8) is 0 Å². The quantitative estimate of drug-likeness (QED) is 0.154. The van der Waals surface area contributed by atoms with Crippen LogP contribution in [0.15, 0.2) is 30.5 Å². The van der Waals surface area contributed by atoms with Crippen molar-refractivity contribution in [2.75, 3.05) is 13.2 Å². The van der Waals surface area contributed by atoms with Gasteiger partial charge >= 0.3 is 0 Å². The third-order valence-corrected chi connectivity index (χ3v) is 5.81. The van der Waals surface area contributed by atoms with Crippen molar-refractivity contribution < 1.29 is 50.3 Å². The first kappa shape index (κ1) is 24.7. The fraction of sp³-hybridized carbons (Fsp3) is 0.550. The molecule has 1 aliphatic heterocycles. The molecule has 1 fully saturated rings. The minimum absolute atomic E-state index is 0.194. The summed E-state index contributed by atoms with van der Waals surface area (Å²) in [4.78, 5) is 0.